The van der Waals surface area contributed by atoms with Crippen molar-refractivity contribution in [2.24, 2.45) is 5.92 Å². The van der Waals surface area contributed by atoms with E-state index in [0.29, 0.717) is 51.0 Å². The van der Waals surface area contributed by atoms with Crippen molar-refractivity contribution in [1.82, 2.24) is 0 Å². The molecule has 0 aliphatic carbocycles. The maximum absolute atomic E-state index is 14.9. The normalized spacial score (nSPS) is 17.9. The van der Waals surface area contributed by atoms with Gasteiger partial charge in [0.1, 0.15) is 35.3 Å². The molecule has 0 aromatic heterocycles. The summed E-state index contributed by atoms with van der Waals surface area (Å²) in [5, 5.41) is 0. The second-order valence-electron chi connectivity index (χ2n) is 9.54. The highest BCUT2D eigenvalue weighted by atomic mass is 19.3. The Morgan fingerprint density at radius 2 is 1.60 bits per heavy atom. The van der Waals surface area contributed by atoms with Crippen LogP contribution in [0.15, 0.2) is 54.9 Å². The first-order valence-corrected chi connectivity index (χ1v) is 13.0. The van der Waals surface area contributed by atoms with Gasteiger partial charge in [-0.3, -0.25) is 0 Å². The molecule has 4 nitrogen and oxygen atoms in total. The van der Waals surface area contributed by atoms with Gasteiger partial charge in [-0.1, -0.05) is 13.0 Å². The molecule has 0 spiro atoms. The Hall–Kier alpha value is -3.48. The topological polar surface area (TPSA) is 36.9 Å². The molecule has 0 radical (unpaired) electrons. The van der Waals surface area contributed by atoms with E-state index in [1.807, 2.05) is 6.92 Å². The minimum Gasteiger partial charge on any atom is -0.429 e. The van der Waals surface area contributed by atoms with Crippen molar-refractivity contribution in [3.8, 4) is 16.9 Å². The number of ether oxygens (including phenoxy) is 4. The van der Waals surface area contributed by atoms with Crippen LogP contribution in [-0.4, -0.2) is 26.4 Å². The number of halogens is 8. The van der Waals surface area contributed by atoms with Gasteiger partial charge in [-0.2, -0.15) is 8.78 Å². The van der Waals surface area contributed by atoms with E-state index in [1.54, 1.807) is 0 Å². The Morgan fingerprint density at radius 3 is 2.19 bits per heavy atom. The zero-order valence-corrected chi connectivity index (χ0v) is 22.3. The van der Waals surface area contributed by atoms with Crippen molar-refractivity contribution in [3.63, 3.8) is 0 Å². The Balaban J connectivity index is 1.44. The lowest BCUT2D eigenvalue weighted by molar-refractivity contribution is -0.207. The van der Waals surface area contributed by atoms with Gasteiger partial charge in [-0.25, -0.2) is 26.3 Å². The third kappa shape index (κ3) is 7.29. The number of hydrogen-bond donors (Lipinski definition) is 0. The quantitative estimate of drug-likeness (QED) is 0.163. The zero-order chi connectivity index (χ0) is 30.4. The lowest BCUT2D eigenvalue weighted by Crippen LogP contribution is -2.28. The maximum Gasteiger partial charge on any atom is 0.429 e. The van der Waals surface area contributed by atoms with Crippen LogP contribution in [0.4, 0.5) is 35.1 Å². The van der Waals surface area contributed by atoms with E-state index in [-0.39, 0.29) is 11.5 Å². The summed E-state index contributed by atoms with van der Waals surface area (Å²) in [6.07, 6.45) is -4.22. The van der Waals surface area contributed by atoms with Crippen LogP contribution in [0.25, 0.3) is 17.0 Å². The molecule has 1 heterocycles. The molecule has 12 heteroatoms. The summed E-state index contributed by atoms with van der Waals surface area (Å²) >= 11 is 0. The van der Waals surface area contributed by atoms with Gasteiger partial charge in [0, 0.05) is 36.3 Å². The Kier molecular flexibility index (Phi) is 10.2. The molecule has 0 amide bonds. The number of hydrogen-bond acceptors (Lipinski definition) is 4. The summed E-state index contributed by atoms with van der Waals surface area (Å²) in [5.41, 5.74) is -3.11. The van der Waals surface area contributed by atoms with Crippen LogP contribution >= 0.6 is 0 Å². The summed E-state index contributed by atoms with van der Waals surface area (Å²) in [5.74, 6) is -8.02. The minimum absolute atomic E-state index is 0.0747. The van der Waals surface area contributed by atoms with Crippen LogP contribution < -0.4 is 4.74 Å². The van der Waals surface area contributed by atoms with Crippen LogP contribution in [0.3, 0.4) is 0 Å². The summed E-state index contributed by atoms with van der Waals surface area (Å²) in [7, 11) is 0. The van der Waals surface area contributed by atoms with E-state index in [0.717, 1.165) is 30.7 Å². The molecular formula is C30H26F8O4. The second-order valence-corrected chi connectivity index (χ2v) is 9.54. The van der Waals surface area contributed by atoms with E-state index >= 15 is 0 Å². The molecule has 1 fully saturated rings. The number of rotatable bonds is 11. The molecule has 1 aliphatic heterocycles. The first-order chi connectivity index (χ1) is 20.0. The monoisotopic (exact) mass is 602 g/mol. The Morgan fingerprint density at radius 1 is 0.905 bits per heavy atom. The smallest absolute Gasteiger partial charge is 0.429 e. The maximum atomic E-state index is 14.9. The first kappa shape index (κ1) is 31.5. The standard InChI is InChI=1S/C30H26F8O4/c1-2-8-39-9-7-17-15-40-29(41-16-17)18-3-6-22(24(33)10-18)30(37,38)42-20-4-5-21(23(32)13-20)19-11-25(34)28(26(35)12-19)27(36)14-31/h3-6,10-14,17,29H,2,7-9,15-16H2,1H3/b27-14-. The van der Waals surface area contributed by atoms with Crippen molar-refractivity contribution in [2.45, 2.75) is 32.2 Å². The van der Waals surface area contributed by atoms with Gasteiger partial charge < -0.3 is 18.9 Å². The molecule has 0 saturated carbocycles. The van der Waals surface area contributed by atoms with Crippen LogP contribution in [0.1, 0.15) is 42.7 Å². The van der Waals surface area contributed by atoms with E-state index in [1.165, 1.54) is 6.07 Å². The molecule has 1 aliphatic rings. The van der Waals surface area contributed by atoms with Crippen LogP contribution in [0.2, 0.25) is 0 Å². The minimum atomic E-state index is -4.25. The van der Waals surface area contributed by atoms with Crippen molar-refractivity contribution >= 4 is 5.83 Å². The predicted molar refractivity (Wildman–Crippen MR) is 137 cm³/mol. The van der Waals surface area contributed by atoms with Gasteiger partial charge in [0.15, 0.2) is 12.1 Å². The van der Waals surface area contributed by atoms with Gasteiger partial charge in [0.25, 0.3) is 0 Å². The first-order valence-electron chi connectivity index (χ1n) is 13.0. The van der Waals surface area contributed by atoms with E-state index in [2.05, 4.69) is 4.74 Å². The summed E-state index contributed by atoms with van der Waals surface area (Å²) in [6, 6.07) is 6.19. The fraction of sp³-hybridized carbons (Fsp3) is 0.333. The van der Waals surface area contributed by atoms with Gasteiger partial charge in [0.05, 0.1) is 24.3 Å². The van der Waals surface area contributed by atoms with Crippen LogP contribution in [0.5, 0.6) is 5.75 Å². The van der Waals surface area contributed by atoms with Gasteiger partial charge in [-0.05, 0) is 54.8 Å². The molecule has 3 aromatic carbocycles. The zero-order valence-electron chi connectivity index (χ0n) is 22.3. The van der Waals surface area contributed by atoms with E-state index in [9.17, 15) is 35.1 Å². The summed E-state index contributed by atoms with van der Waals surface area (Å²) in [4.78, 5) is 0. The molecule has 0 atom stereocenters. The number of alkyl halides is 2. The van der Waals surface area contributed by atoms with Crippen molar-refractivity contribution < 1.29 is 54.1 Å². The number of benzene rings is 3. The molecule has 3 aromatic rings. The molecule has 226 valence electrons. The third-order valence-electron chi connectivity index (χ3n) is 6.44. The lowest BCUT2D eigenvalue weighted by Gasteiger charge is -2.30. The third-order valence-corrected chi connectivity index (χ3v) is 6.44. The largest absolute Gasteiger partial charge is 0.429 e. The van der Waals surface area contributed by atoms with Crippen molar-refractivity contribution in [1.29, 1.82) is 0 Å². The van der Waals surface area contributed by atoms with Crippen molar-refractivity contribution in [2.75, 3.05) is 26.4 Å². The molecular weight excluding hydrogens is 576 g/mol. The predicted octanol–water partition coefficient (Wildman–Crippen LogP) is 8.75. The fourth-order valence-electron chi connectivity index (χ4n) is 4.32. The highest BCUT2D eigenvalue weighted by Crippen LogP contribution is 2.37. The highest BCUT2D eigenvalue weighted by Gasteiger charge is 2.38. The van der Waals surface area contributed by atoms with E-state index in [4.69, 9.17) is 14.2 Å². The van der Waals surface area contributed by atoms with Gasteiger partial charge in [0.2, 0.25) is 0 Å². The Bertz CT molecular complexity index is 1400. The average molecular weight is 603 g/mol. The SMILES string of the molecule is CCCOCCC1COC(c2ccc(C(F)(F)Oc3ccc(-c4cc(F)c(/C(F)=C/F)c(F)c4)c(F)c3)c(F)c2)OC1. The molecule has 0 unspecified atom stereocenters. The molecule has 1 saturated heterocycles. The average Bonchev–Trinajstić information content (AvgIpc) is 2.94. The van der Waals surface area contributed by atoms with Crippen LogP contribution in [-0.2, 0) is 20.3 Å². The summed E-state index contributed by atoms with van der Waals surface area (Å²) in [6.45, 7) is 3.84. The molecule has 0 N–H and O–H groups in total. The van der Waals surface area contributed by atoms with Crippen molar-refractivity contribution in [3.05, 3.63) is 94.8 Å². The van der Waals surface area contributed by atoms with Gasteiger partial charge in [-0.15, -0.1) is 0 Å². The molecule has 42 heavy (non-hydrogen) atoms. The summed E-state index contributed by atoms with van der Waals surface area (Å²) < 4.78 is 135. The van der Waals surface area contributed by atoms with E-state index < -0.39 is 75.8 Å². The second kappa shape index (κ2) is 13.7. The van der Waals surface area contributed by atoms with Crippen LogP contribution in [0, 0.1) is 29.2 Å². The molecule has 0 bridgehead atoms. The highest BCUT2D eigenvalue weighted by molar-refractivity contribution is 5.69. The lowest BCUT2D eigenvalue weighted by atomic mass is 10.0. The Labute approximate surface area is 236 Å². The molecule has 4 rings (SSSR count). The fourth-order valence-corrected chi connectivity index (χ4v) is 4.32. The van der Waals surface area contributed by atoms with Gasteiger partial charge >= 0.3 is 6.11 Å².